The third-order valence-electron chi connectivity index (χ3n) is 4.30. The molecular formula is C16H21N5O2S. The number of nitrogens with zero attached hydrogens (tertiary/aromatic N) is 3. The molecule has 1 aliphatic rings. The van der Waals surface area contributed by atoms with Crippen LogP contribution < -0.4 is 10.6 Å². The van der Waals surface area contributed by atoms with Gasteiger partial charge in [0.1, 0.15) is 0 Å². The van der Waals surface area contributed by atoms with Crippen molar-refractivity contribution < 1.29 is 9.59 Å². The summed E-state index contributed by atoms with van der Waals surface area (Å²) in [5.74, 6) is 0.230. The second kappa shape index (κ2) is 7.65. The summed E-state index contributed by atoms with van der Waals surface area (Å²) < 4.78 is 1.81. The van der Waals surface area contributed by atoms with E-state index in [0.29, 0.717) is 11.1 Å². The van der Waals surface area contributed by atoms with E-state index in [9.17, 15) is 9.59 Å². The summed E-state index contributed by atoms with van der Waals surface area (Å²) in [4.78, 5) is 23.9. The van der Waals surface area contributed by atoms with Crippen molar-refractivity contribution in [3.63, 3.8) is 0 Å². The molecule has 8 heteroatoms. The summed E-state index contributed by atoms with van der Waals surface area (Å²) >= 11 is 1.25. The smallest absolute Gasteiger partial charge is 0.321 e. The number of thioether (sulfide) groups is 1. The maximum absolute atomic E-state index is 12.0. The molecule has 0 saturated heterocycles. The van der Waals surface area contributed by atoms with E-state index in [1.165, 1.54) is 18.2 Å². The fraction of sp³-hybridized carbons (Fsp3) is 0.500. The minimum absolute atomic E-state index is 0.114. The highest BCUT2D eigenvalue weighted by atomic mass is 32.2. The first-order valence-electron chi connectivity index (χ1n) is 8.16. The Labute approximate surface area is 144 Å². The summed E-state index contributed by atoms with van der Waals surface area (Å²) in [6, 6.07) is 5.34. The Hall–Kier alpha value is -2.09. The number of nitrogens with one attached hydrogen (secondary N) is 2. The normalized spacial score (nSPS) is 20.7. The van der Waals surface area contributed by atoms with Crippen molar-refractivity contribution in [2.75, 3.05) is 5.75 Å². The number of aromatic nitrogens is 3. The molecule has 3 amide bonds. The van der Waals surface area contributed by atoms with Gasteiger partial charge in [-0.3, -0.25) is 14.5 Å². The van der Waals surface area contributed by atoms with Crippen molar-refractivity contribution in [3.05, 3.63) is 24.4 Å². The minimum atomic E-state index is -0.412. The Morgan fingerprint density at radius 1 is 1.29 bits per heavy atom. The van der Waals surface area contributed by atoms with Crippen LogP contribution in [0.1, 0.15) is 32.6 Å². The van der Waals surface area contributed by atoms with Gasteiger partial charge in [-0.2, -0.15) is 0 Å². The van der Waals surface area contributed by atoms with Crippen molar-refractivity contribution in [1.29, 1.82) is 0 Å². The molecule has 2 aromatic rings. The summed E-state index contributed by atoms with van der Waals surface area (Å²) in [5, 5.41) is 14.0. The topological polar surface area (TPSA) is 88.4 Å². The summed E-state index contributed by atoms with van der Waals surface area (Å²) in [6.07, 6.45) is 6.27. The first-order chi connectivity index (χ1) is 11.6. The van der Waals surface area contributed by atoms with Crippen LogP contribution in [0.5, 0.6) is 0 Å². The van der Waals surface area contributed by atoms with Crippen LogP contribution in [0, 0.1) is 5.92 Å². The van der Waals surface area contributed by atoms with Gasteiger partial charge in [0.25, 0.3) is 0 Å². The van der Waals surface area contributed by atoms with Crippen molar-refractivity contribution in [2.24, 2.45) is 5.92 Å². The first-order valence-corrected chi connectivity index (χ1v) is 9.15. The molecular weight excluding hydrogens is 326 g/mol. The van der Waals surface area contributed by atoms with Crippen LogP contribution in [-0.4, -0.2) is 38.3 Å². The average Bonchev–Trinajstić information content (AvgIpc) is 2.98. The SMILES string of the molecule is C[C@@H]1CCCC[C@H]1NC(=O)NC(=O)CSc1nnc2ccccn12. The van der Waals surface area contributed by atoms with Gasteiger partial charge in [0, 0.05) is 12.2 Å². The molecule has 2 atom stereocenters. The second-order valence-electron chi connectivity index (χ2n) is 6.09. The molecule has 24 heavy (non-hydrogen) atoms. The predicted octanol–water partition coefficient (Wildman–Crippen LogP) is 2.23. The number of hydrogen-bond acceptors (Lipinski definition) is 5. The molecule has 7 nitrogen and oxygen atoms in total. The van der Waals surface area contributed by atoms with Gasteiger partial charge in [0.15, 0.2) is 10.8 Å². The zero-order valence-electron chi connectivity index (χ0n) is 13.6. The van der Waals surface area contributed by atoms with Crippen LogP contribution in [0.2, 0.25) is 0 Å². The zero-order chi connectivity index (χ0) is 16.9. The van der Waals surface area contributed by atoms with E-state index >= 15 is 0 Å². The van der Waals surface area contributed by atoms with Gasteiger partial charge in [0.2, 0.25) is 5.91 Å². The highest BCUT2D eigenvalue weighted by Crippen LogP contribution is 2.23. The number of urea groups is 1. The molecule has 1 aliphatic carbocycles. The molecule has 0 radical (unpaired) electrons. The summed E-state index contributed by atoms with van der Waals surface area (Å²) in [5.41, 5.74) is 0.726. The molecule has 0 spiro atoms. The quantitative estimate of drug-likeness (QED) is 0.828. The Morgan fingerprint density at radius 2 is 2.12 bits per heavy atom. The van der Waals surface area contributed by atoms with E-state index in [1.54, 1.807) is 0 Å². The number of rotatable bonds is 4. The van der Waals surface area contributed by atoms with Crippen LogP contribution in [0.4, 0.5) is 4.79 Å². The number of hydrogen-bond donors (Lipinski definition) is 2. The van der Waals surface area contributed by atoms with Crippen LogP contribution >= 0.6 is 11.8 Å². The van der Waals surface area contributed by atoms with E-state index in [-0.39, 0.29) is 17.7 Å². The number of amides is 3. The van der Waals surface area contributed by atoms with Gasteiger partial charge < -0.3 is 5.32 Å². The number of pyridine rings is 1. The number of imide groups is 1. The van der Waals surface area contributed by atoms with Crippen LogP contribution in [-0.2, 0) is 4.79 Å². The maximum Gasteiger partial charge on any atom is 0.321 e. The number of carbonyl (C=O) groups excluding carboxylic acids is 2. The van der Waals surface area contributed by atoms with Crippen LogP contribution in [0.3, 0.4) is 0 Å². The minimum Gasteiger partial charge on any atom is -0.335 e. The molecule has 0 unspecified atom stereocenters. The van der Waals surface area contributed by atoms with E-state index in [0.717, 1.165) is 24.9 Å². The second-order valence-corrected chi connectivity index (χ2v) is 7.03. The summed E-state index contributed by atoms with van der Waals surface area (Å²) in [6.45, 7) is 2.14. The van der Waals surface area contributed by atoms with E-state index < -0.39 is 6.03 Å². The molecule has 2 aromatic heterocycles. The number of fused-ring (bicyclic) bond motifs is 1. The highest BCUT2D eigenvalue weighted by molar-refractivity contribution is 7.99. The van der Waals surface area contributed by atoms with E-state index in [2.05, 4.69) is 27.8 Å². The van der Waals surface area contributed by atoms with Gasteiger partial charge in [-0.05, 0) is 30.9 Å². The fourth-order valence-corrected chi connectivity index (χ4v) is 3.67. The van der Waals surface area contributed by atoms with Crippen molar-refractivity contribution in [1.82, 2.24) is 25.2 Å². The monoisotopic (exact) mass is 347 g/mol. The molecule has 0 aliphatic heterocycles. The van der Waals surface area contributed by atoms with Crippen LogP contribution in [0.15, 0.2) is 29.6 Å². The van der Waals surface area contributed by atoms with Gasteiger partial charge in [-0.15, -0.1) is 10.2 Å². The summed E-state index contributed by atoms with van der Waals surface area (Å²) in [7, 11) is 0. The van der Waals surface area contributed by atoms with Crippen LogP contribution in [0.25, 0.3) is 5.65 Å². The molecule has 0 aromatic carbocycles. The zero-order valence-corrected chi connectivity index (χ0v) is 14.4. The third-order valence-corrected chi connectivity index (χ3v) is 5.24. The molecule has 3 rings (SSSR count). The van der Waals surface area contributed by atoms with Gasteiger partial charge in [0.05, 0.1) is 5.75 Å². The molecule has 0 bridgehead atoms. The largest absolute Gasteiger partial charge is 0.335 e. The van der Waals surface area contributed by atoms with Gasteiger partial charge >= 0.3 is 6.03 Å². The molecule has 128 valence electrons. The Bertz CT molecular complexity index is 732. The van der Waals surface area contributed by atoms with Gasteiger partial charge in [-0.1, -0.05) is 37.6 Å². The molecule has 2 N–H and O–H groups in total. The fourth-order valence-electron chi connectivity index (χ4n) is 2.95. The lowest BCUT2D eigenvalue weighted by Crippen LogP contribution is -2.48. The highest BCUT2D eigenvalue weighted by Gasteiger charge is 2.23. The predicted molar refractivity (Wildman–Crippen MR) is 91.8 cm³/mol. The average molecular weight is 347 g/mol. The first kappa shape index (κ1) is 16.8. The molecule has 2 heterocycles. The van der Waals surface area contributed by atoms with E-state index in [1.807, 2.05) is 28.8 Å². The Kier molecular flexibility index (Phi) is 5.34. The Morgan fingerprint density at radius 3 is 2.96 bits per heavy atom. The van der Waals surface area contributed by atoms with Crippen molar-refractivity contribution in [3.8, 4) is 0 Å². The maximum atomic E-state index is 12.0. The standard InChI is InChI=1S/C16H21N5O2S/c1-11-6-2-3-7-12(11)17-15(23)18-14(22)10-24-16-20-19-13-8-4-5-9-21(13)16/h4-5,8-9,11-12H,2-3,6-7,10H2,1H3,(H2,17,18,22,23)/t11-,12-/m1/s1. The van der Waals surface area contributed by atoms with Crippen molar-refractivity contribution >= 4 is 29.3 Å². The number of carbonyl (C=O) groups is 2. The van der Waals surface area contributed by atoms with E-state index in [4.69, 9.17) is 0 Å². The van der Waals surface area contributed by atoms with Crippen molar-refractivity contribution in [2.45, 2.75) is 43.8 Å². The third kappa shape index (κ3) is 4.05. The lowest BCUT2D eigenvalue weighted by atomic mass is 9.86. The molecule has 1 fully saturated rings. The lowest BCUT2D eigenvalue weighted by Gasteiger charge is -2.29. The molecule has 1 saturated carbocycles. The Balaban J connectivity index is 1.47. The lowest BCUT2D eigenvalue weighted by molar-refractivity contribution is -0.117. The van der Waals surface area contributed by atoms with Gasteiger partial charge in [-0.25, -0.2) is 4.79 Å².